The molecule has 0 radical (unpaired) electrons. The van der Waals surface area contributed by atoms with E-state index in [4.69, 9.17) is 4.74 Å². The van der Waals surface area contributed by atoms with Crippen molar-refractivity contribution in [3.05, 3.63) is 0 Å². The van der Waals surface area contributed by atoms with Gasteiger partial charge in [0.2, 0.25) is 0 Å². The molecule has 2 rings (SSSR count). The average Bonchev–Trinajstić information content (AvgIpc) is 2.98. The van der Waals surface area contributed by atoms with E-state index in [-0.39, 0.29) is 12.1 Å². The van der Waals surface area contributed by atoms with Gasteiger partial charge in [-0.15, -0.1) is 0 Å². The number of aliphatic hydroxyl groups is 1. The van der Waals surface area contributed by atoms with E-state index in [0.29, 0.717) is 12.0 Å². The molecule has 94 valence electrons. The van der Waals surface area contributed by atoms with Crippen molar-refractivity contribution in [3.8, 4) is 0 Å². The molecule has 1 heterocycles. The summed E-state index contributed by atoms with van der Waals surface area (Å²) in [5.74, 6) is 0.647. The first-order valence-electron chi connectivity index (χ1n) is 6.76. The summed E-state index contributed by atoms with van der Waals surface area (Å²) in [4.78, 5) is 0. The predicted molar refractivity (Wildman–Crippen MR) is 64.4 cm³/mol. The van der Waals surface area contributed by atoms with Crippen LogP contribution in [0.2, 0.25) is 0 Å². The van der Waals surface area contributed by atoms with Crippen molar-refractivity contribution in [1.29, 1.82) is 0 Å². The Bertz CT molecular complexity index is 208. The molecular weight excluding hydrogens is 202 g/mol. The first-order valence-corrected chi connectivity index (χ1v) is 6.76. The molecule has 2 aliphatic rings. The van der Waals surface area contributed by atoms with Crippen LogP contribution in [0.5, 0.6) is 0 Å². The fourth-order valence-electron chi connectivity index (χ4n) is 3.22. The Balaban J connectivity index is 1.93. The lowest BCUT2D eigenvalue weighted by Gasteiger charge is -2.35. The van der Waals surface area contributed by atoms with Crippen LogP contribution in [0, 0.1) is 5.92 Å². The van der Waals surface area contributed by atoms with Gasteiger partial charge in [-0.25, -0.2) is 0 Å². The van der Waals surface area contributed by atoms with Crippen LogP contribution in [0.1, 0.15) is 45.4 Å². The third-order valence-corrected chi connectivity index (χ3v) is 4.33. The summed E-state index contributed by atoms with van der Waals surface area (Å²) < 4.78 is 5.47. The van der Waals surface area contributed by atoms with Crippen molar-refractivity contribution >= 4 is 0 Å². The van der Waals surface area contributed by atoms with E-state index < -0.39 is 0 Å². The fraction of sp³-hybridized carbons (Fsp3) is 1.00. The molecule has 2 N–H and O–H groups in total. The lowest BCUT2D eigenvalue weighted by Crippen LogP contribution is -2.53. The molecule has 3 nitrogen and oxygen atoms in total. The summed E-state index contributed by atoms with van der Waals surface area (Å²) in [5, 5.41) is 13.4. The van der Waals surface area contributed by atoms with Gasteiger partial charge in [0.15, 0.2) is 0 Å². The maximum absolute atomic E-state index is 9.61. The van der Waals surface area contributed by atoms with Crippen LogP contribution < -0.4 is 5.32 Å². The molecule has 2 unspecified atom stereocenters. The SMILES string of the molecule is CCC(NC1(CO)CCCC1)C1CCOC1. The van der Waals surface area contributed by atoms with E-state index in [1.165, 1.54) is 19.3 Å². The minimum atomic E-state index is 0.0171. The molecule has 2 fully saturated rings. The molecule has 0 aromatic carbocycles. The van der Waals surface area contributed by atoms with E-state index in [1.54, 1.807) is 0 Å². The molecule has 0 spiro atoms. The summed E-state index contributed by atoms with van der Waals surface area (Å²) in [5.41, 5.74) is 0.0171. The monoisotopic (exact) mass is 227 g/mol. The largest absolute Gasteiger partial charge is 0.394 e. The van der Waals surface area contributed by atoms with E-state index in [1.807, 2.05) is 0 Å². The molecule has 1 aliphatic heterocycles. The molecule has 16 heavy (non-hydrogen) atoms. The second-order valence-electron chi connectivity index (χ2n) is 5.43. The molecular formula is C13H25NO2. The quantitative estimate of drug-likeness (QED) is 0.751. The summed E-state index contributed by atoms with van der Waals surface area (Å²) in [7, 11) is 0. The summed E-state index contributed by atoms with van der Waals surface area (Å²) in [6.45, 7) is 4.33. The first-order chi connectivity index (χ1) is 7.79. The van der Waals surface area contributed by atoms with Crippen molar-refractivity contribution in [2.24, 2.45) is 5.92 Å². The number of rotatable bonds is 5. The van der Waals surface area contributed by atoms with Crippen LogP contribution in [0.3, 0.4) is 0 Å². The summed E-state index contributed by atoms with van der Waals surface area (Å²) >= 11 is 0. The highest BCUT2D eigenvalue weighted by Gasteiger charge is 2.37. The average molecular weight is 227 g/mol. The minimum absolute atomic E-state index is 0.0171. The normalized spacial score (nSPS) is 30.8. The highest BCUT2D eigenvalue weighted by atomic mass is 16.5. The van der Waals surface area contributed by atoms with Gasteiger partial charge in [0.25, 0.3) is 0 Å². The van der Waals surface area contributed by atoms with Crippen LogP contribution in [0.25, 0.3) is 0 Å². The number of ether oxygens (including phenoxy) is 1. The van der Waals surface area contributed by atoms with Crippen LogP contribution in [-0.2, 0) is 4.74 Å². The third-order valence-electron chi connectivity index (χ3n) is 4.33. The van der Waals surface area contributed by atoms with E-state index in [9.17, 15) is 5.11 Å². The number of aliphatic hydroxyl groups excluding tert-OH is 1. The Labute approximate surface area is 98.6 Å². The van der Waals surface area contributed by atoms with Crippen LogP contribution in [0.4, 0.5) is 0 Å². The third kappa shape index (κ3) is 2.58. The molecule has 0 aromatic heterocycles. The van der Waals surface area contributed by atoms with Crippen LogP contribution in [-0.4, -0.2) is 36.5 Å². The van der Waals surface area contributed by atoms with Gasteiger partial charge < -0.3 is 15.2 Å². The van der Waals surface area contributed by atoms with Gasteiger partial charge in [-0.3, -0.25) is 0 Å². The van der Waals surface area contributed by atoms with E-state index >= 15 is 0 Å². The van der Waals surface area contributed by atoms with Crippen LogP contribution in [0.15, 0.2) is 0 Å². The zero-order valence-corrected chi connectivity index (χ0v) is 10.4. The number of nitrogens with one attached hydrogen (secondary N) is 1. The first kappa shape index (κ1) is 12.3. The van der Waals surface area contributed by atoms with Crippen molar-refractivity contribution < 1.29 is 9.84 Å². The van der Waals surface area contributed by atoms with Gasteiger partial charge in [-0.05, 0) is 31.6 Å². The number of hydrogen-bond acceptors (Lipinski definition) is 3. The minimum Gasteiger partial charge on any atom is -0.394 e. The topological polar surface area (TPSA) is 41.5 Å². The zero-order valence-electron chi connectivity index (χ0n) is 10.4. The molecule has 0 bridgehead atoms. The Morgan fingerprint density at radius 2 is 2.19 bits per heavy atom. The Hall–Kier alpha value is -0.120. The lowest BCUT2D eigenvalue weighted by atomic mass is 9.91. The van der Waals surface area contributed by atoms with Crippen molar-refractivity contribution in [3.63, 3.8) is 0 Å². The molecule has 1 aliphatic carbocycles. The van der Waals surface area contributed by atoms with E-state index in [2.05, 4.69) is 12.2 Å². The lowest BCUT2D eigenvalue weighted by molar-refractivity contribution is 0.125. The van der Waals surface area contributed by atoms with Gasteiger partial charge in [-0.2, -0.15) is 0 Å². The standard InChI is InChI=1S/C13H25NO2/c1-2-12(11-5-8-16-9-11)14-13(10-15)6-3-4-7-13/h11-12,14-15H,2-10H2,1H3. The second-order valence-corrected chi connectivity index (χ2v) is 5.43. The summed E-state index contributed by atoms with van der Waals surface area (Å²) in [6.07, 6.45) is 7.08. The Morgan fingerprint density at radius 3 is 2.69 bits per heavy atom. The Morgan fingerprint density at radius 1 is 1.44 bits per heavy atom. The fourth-order valence-corrected chi connectivity index (χ4v) is 3.22. The maximum atomic E-state index is 9.61. The molecule has 1 saturated heterocycles. The van der Waals surface area contributed by atoms with Crippen LogP contribution >= 0.6 is 0 Å². The molecule has 3 heteroatoms. The van der Waals surface area contributed by atoms with Crippen molar-refractivity contribution in [2.75, 3.05) is 19.8 Å². The van der Waals surface area contributed by atoms with Gasteiger partial charge in [0.1, 0.15) is 0 Å². The highest BCUT2D eigenvalue weighted by molar-refractivity contribution is 4.96. The second kappa shape index (κ2) is 5.48. The molecule has 0 amide bonds. The molecule has 0 aromatic rings. The predicted octanol–water partition coefficient (Wildman–Crippen LogP) is 1.70. The maximum Gasteiger partial charge on any atom is 0.0613 e. The van der Waals surface area contributed by atoms with Gasteiger partial charge in [0, 0.05) is 18.2 Å². The highest BCUT2D eigenvalue weighted by Crippen LogP contribution is 2.31. The Kier molecular flexibility index (Phi) is 4.22. The van der Waals surface area contributed by atoms with Crippen molar-refractivity contribution in [2.45, 2.75) is 57.0 Å². The van der Waals surface area contributed by atoms with Crippen molar-refractivity contribution in [1.82, 2.24) is 5.32 Å². The van der Waals surface area contributed by atoms with E-state index in [0.717, 1.165) is 32.5 Å². The number of hydrogen-bond donors (Lipinski definition) is 2. The molecule has 2 atom stereocenters. The van der Waals surface area contributed by atoms with Gasteiger partial charge >= 0.3 is 0 Å². The summed E-state index contributed by atoms with van der Waals surface area (Å²) in [6, 6.07) is 0.521. The van der Waals surface area contributed by atoms with Gasteiger partial charge in [-0.1, -0.05) is 19.8 Å². The van der Waals surface area contributed by atoms with Gasteiger partial charge in [0.05, 0.1) is 13.2 Å². The molecule has 1 saturated carbocycles. The smallest absolute Gasteiger partial charge is 0.0613 e. The zero-order chi connectivity index (χ0) is 11.4.